The van der Waals surface area contributed by atoms with E-state index in [2.05, 4.69) is 26.1 Å². The minimum absolute atomic E-state index is 0.0310. The molecule has 2 aromatic rings. The van der Waals surface area contributed by atoms with Gasteiger partial charge in [-0.15, -0.1) is 0 Å². The maximum atomic E-state index is 12.5. The van der Waals surface area contributed by atoms with Gasteiger partial charge in [-0.2, -0.15) is 0 Å². The van der Waals surface area contributed by atoms with Crippen molar-refractivity contribution in [3.05, 3.63) is 59.7 Å². The highest BCUT2D eigenvalue weighted by Crippen LogP contribution is 2.28. The fourth-order valence-electron chi connectivity index (χ4n) is 3.09. The molecule has 0 unspecified atom stereocenters. The minimum Gasteiger partial charge on any atom is -0.322 e. The van der Waals surface area contributed by atoms with E-state index in [9.17, 15) is 18.0 Å². The van der Waals surface area contributed by atoms with Gasteiger partial charge in [0.2, 0.25) is 15.9 Å². The Balaban J connectivity index is 1.75. The maximum absolute atomic E-state index is 12.5. The highest BCUT2D eigenvalue weighted by atomic mass is 32.2. The van der Waals surface area contributed by atoms with Crippen molar-refractivity contribution >= 4 is 33.2 Å². The van der Waals surface area contributed by atoms with E-state index in [0.717, 1.165) is 4.31 Å². The van der Waals surface area contributed by atoms with Gasteiger partial charge in [0, 0.05) is 11.3 Å². The zero-order valence-corrected chi connectivity index (χ0v) is 17.2. The Hall–Kier alpha value is -2.67. The first-order valence-corrected chi connectivity index (χ1v) is 10.7. The standard InChI is InChI=1S/C21H24N2O4S/c1-14-13-28(26,27)23(20(14)25)18-11-5-15(6-12-18)19(24)22-17-9-7-16(8-10-17)21(2,3)4/h5-12,14H,13H2,1-4H3,(H,22,24)/t14-/m1/s1. The third-order valence-corrected chi connectivity index (χ3v) is 6.60. The summed E-state index contributed by atoms with van der Waals surface area (Å²) in [5, 5.41) is 2.82. The summed E-state index contributed by atoms with van der Waals surface area (Å²) in [7, 11) is -3.65. The van der Waals surface area contributed by atoms with Crippen molar-refractivity contribution in [3.8, 4) is 0 Å². The zero-order chi connectivity index (χ0) is 20.7. The van der Waals surface area contributed by atoms with Crippen molar-refractivity contribution in [2.45, 2.75) is 33.1 Å². The van der Waals surface area contributed by atoms with Crippen molar-refractivity contribution in [3.63, 3.8) is 0 Å². The molecule has 1 aliphatic heterocycles. The molecule has 1 N–H and O–H groups in total. The molecule has 0 saturated carbocycles. The number of benzene rings is 2. The molecule has 0 aliphatic carbocycles. The number of amides is 2. The lowest BCUT2D eigenvalue weighted by Crippen LogP contribution is -2.30. The second-order valence-corrected chi connectivity index (χ2v) is 9.97. The zero-order valence-electron chi connectivity index (χ0n) is 16.4. The van der Waals surface area contributed by atoms with Gasteiger partial charge in [-0.25, -0.2) is 12.7 Å². The smallest absolute Gasteiger partial charge is 0.255 e. The van der Waals surface area contributed by atoms with Crippen molar-refractivity contribution in [1.82, 2.24) is 0 Å². The van der Waals surface area contributed by atoms with Crippen LogP contribution < -0.4 is 9.62 Å². The molecule has 0 bridgehead atoms. The van der Waals surface area contributed by atoms with Gasteiger partial charge >= 0.3 is 0 Å². The number of nitrogens with one attached hydrogen (secondary N) is 1. The van der Waals surface area contributed by atoms with Crippen LogP contribution in [0.25, 0.3) is 0 Å². The van der Waals surface area contributed by atoms with Crippen LogP contribution in [0.3, 0.4) is 0 Å². The Morgan fingerprint density at radius 2 is 1.61 bits per heavy atom. The molecule has 1 fully saturated rings. The minimum atomic E-state index is -3.65. The summed E-state index contributed by atoms with van der Waals surface area (Å²) >= 11 is 0. The van der Waals surface area contributed by atoms with Gasteiger partial charge in [-0.3, -0.25) is 9.59 Å². The predicted molar refractivity (Wildman–Crippen MR) is 110 cm³/mol. The van der Waals surface area contributed by atoms with Crippen molar-refractivity contribution in [2.24, 2.45) is 5.92 Å². The number of hydrogen-bond donors (Lipinski definition) is 1. The topological polar surface area (TPSA) is 83.6 Å². The molecule has 0 spiro atoms. The molecular formula is C21H24N2O4S. The van der Waals surface area contributed by atoms with Crippen LogP contribution in [0.5, 0.6) is 0 Å². The molecule has 7 heteroatoms. The summed E-state index contributed by atoms with van der Waals surface area (Å²) in [6.45, 7) is 7.95. The molecule has 2 amide bonds. The lowest BCUT2D eigenvalue weighted by molar-refractivity contribution is -0.119. The molecule has 148 valence electrons. The van der Waals surface area contributed by atoms with E-state index in [-0.39, 0.29) is 22.8 Å². The number of nitrogens with zero attached hydrogens (tertiary/aromatic N) is 1. The van der Waals surface area contributed by atoms with Gasteiger partial charge in [-0.1, -0.05) is 39.8 Å². The fraction of sp³-hybridized carbons (Fsp3) is 0.333. The highest BCUT2D eigenvalue weighted by Gasteiger charge is 2.41. The van der Waals surface area contributed by atoms with E-state index in [0.29, 0.717) is 11.3 Å². The first-order valence-electron chi connectivity index (χ1n) is 9.08. The normalized spacial score (nSPS) is 18.9. The molecule has 28 heavy (non-hydrogen) atoms. The average molecular weight is 401 g/mol. The fourth-order valence-corrected chi connectivity index (χ4v) is 4.91. The van der Waals surface area contributed by atoms with Crippen LogP contribution >= 0.6 is 0 Å². The summed E-state index contributed by atoms with van der Waals surface area (Å²) in [6.07, 6.45) is 0. The monoisotopic (exact) mass is 400 g/mol. The van der Waals surface area contributed by atoms with Crippen molar-refractivity contribution in [1.29, 1.82) is 0 Å². The molecule has 2 aromatic carbocycles. The number of anilines is 2. The van der Waals surface area contributed by atoms with Crippen LogP contribution in [-0.2, 0) is 20.2 Å². The van der Waals surface area contributed by atoms with Gasteiger partial charge in [0.05, 0.1) is 17.4 Å². The largest absolute Gasteiger partial charge is 0.322 e. The third-order valence-electron chi connectivity index (χ3n) is 4.73. The number of sulfonamides is 1. The molecule has 1 saturated heterocycles. The predicted octanol–water partition coefficient (Wildman–Crippen LogP) is 3.55. The quantitative estimate of drug-likeness (QED) is 0.854. The van der Waals surface area contributed by atoms with Gasteiger partial charge < -0.3 is 5.32 Å². The summed E-state index contributed by atoms with van der Waals surface area (Å²) in [6, 6.07) is 13.6. The van der Waals surface area contributed by atoms with Crippen LogP contribution in [0.4, 0.5) is 11.4 Å². The average Bonchev–Trinajstić information content (AvgIpc) is 2.82. The molecule has 1 aliphatic rings. The molecule has 1 heterocycles. The number of carbonyl (C=O) groups excluding carboxylic acids is 2. The van der Waals surface area contributed by atoms with E-state index in [1.165, 1.54) is 29.8 Å². The summed E-state index contributed by atoms with van der Waals surface area (Å²) in [5.74, 6) is -1.52. The highest BCUT2D eigenvalue weighted by molar-refractivity contribution is 7.94. The molecule has 6 nitrogen and oxygen atoms in total. The molecule has 1 atom stereocenters. The van der Waals surface area contributed by atoms with Crippen LogP contribution in [0.1, 0.15) is 43.6 Å². The molecular weight excluding hydrogens is 376 g/mol. The molecule has 3 rings (SSSR count). The van der Waals surface area contributed by atoms with Crippen LogP contribution in [0.15, 0.2) is 48.5 Å². The van der Waals surface area contributed by atoms with E-state index in [1.807, 2.05) is 24.3 Å². The van der Waals surface area contributed by atoms with Crippen LogP contribution in [-0.4, -0.2) is 26.0 Å². The van der Waals surface area contributed by atoms with E-state index >= 15 is 0 Å². The van der Waals surface area contributed by atoms with Crippen LogP contribution in [0.2, 0.25) is 0 Å². The Kier molecular flexibility index (Phi) is 5.06. The van der Waals surface area contributed by atoms with E-state index < -0.39 is 21.8 Å². The number of rotatable bonds is 3. The third kappa shape index (κ3) is 3.94. The van der Waals surface area contributed by atoms with Gasteiger partial charge in [-0.05, 0) is 47.4 Å². The van der Waals surface area contributed by atoms with Gasteiger partial charge in [0.25, 0.3) is 5.91 Å². The second kappa shape index (κ2) is 7.05. The number of carbonyl (C=O) groups is 2. The Labute approximate surface area is 165 Å². The Morgan fingerprint density at radius 3 is 2.07 bits per heavy atom. The lowest BCUT2D eigenvalue weighted by Gasteiger charge is -2.19. The summed E-state index contributed by atoms with van der Waals surface area (Å²) < 4.78 is 25.2. The second-order valence-electron chi connectivity index (χ2n) is 8.11. The number of hydrogen-bond acceptors (Lipinski definition) is 4. The summed E-state index contributed by atoms with van der Waals surface area (Å²) in [4.78, 5) is 24.6. The van der Waals surface area contributed by atoms with E-state index in [4.69, 9.17) is 0 Å². The Bertz CT molecular complexity index is 1000. The summed E-state index contributed by atoms with van der Waals surface area (Å²) in [5.41, 5.74) is 2.50. The van der Waals surface area contributed by atoms with Gasteiger partial charge in [0.15, 0.2) is 0 Å². The lowest BCUT2D eigenvalue weighted by atomic mass is 9.87. The first kappa shape index (κ1) is 20.1. The van der Waals surface area contributed by atoms with Crippen molar-refractivity contribution in [2.75, 3.05) is 15.4 Å². The van der Waals surface area contributed by atoms with Crippen LogP contribution in [0, 0.1) is 5.92 Å². The molecule has 0 radical (unpaired) electrons. The first-order chi connectivity index (χ1) is 13.0. The van der Waals surface area contributed by atoms with Crippen molar-refractivity contribution < 1.29 is 18.0 Å². The van der Waals surface area contributed by atoms with E-state index in [1.54, 1.807) is 6.92 Å². The Morgan fingerprint density at radius 1 is 1.04 bits per heavy atom. The SMILES string of the molecule is C[C@@H]1CS(=O)(=O)N(c2ccc(C(=O)Nc3ccc(C(C)(C)C)cc3)cc2)C1=O. The maximum Gasteiger partial charge on any atom is 0.255 e. The van der Waals surface area contributed by atoms with Gasteiger partial charge in [0.1, 0.15) is 0 Å². The molecule has 0 aromatic heterocycles.